The second kappa shape index (κ2) is 9.42. The molecule has 0 unspecified atom stereocenters. The average molecular weight is 391 g/mol. The number of esters is 1. The molecule has 0 aromatic heterocycles. The van der Waals surface area contributed by atoms with Crippen molar-refractivity contribution in [3.05, 3.63) is 27.7 Å². The molecule has 0 atom stereocenters. The first-order valence-corrected chi connectivity index (χ1v) is 7.76. The maximum atomic E-state index is 11.8. The number of hydrogen-bond acceptors (Lipinski definition) is 6. The van der Waals surface area contributed by atoms with E-state index in [0.29, 0.717) is 15.2 Å². The quantitative estimate of drug-likeness (QED) is 0.418. The Kier molecular flexibility index (Phi) is 7.90. The first-order chi connectivity index (χ1) is 10.5. The summed E-state index contributed by atoms with van der Waals surface area (Å²) in [5.74, 6) is -1.76. The number of nitrogens with one attached hydrogen (secondary N) is 1. The summed E-state index contributed by atoms with van der Waals surface area (Å²) in [6.07, 6.45) is 0.246. The van der Waals surface area contributed by atoms with Gasteiger partial charge >= 0.3 is 5.97 Å². The van der Waals surface area contributed by atoms with Crippen LogP contribution in [0.5, 0.6) is 0 Å². The summed E-state index contributed by atoms with van der Waals surface area (Å²) < 4.78 is 5.50. The summed E-state index contributed by atoms with van der Waals surface area (Å²) in [6.45, 7) is 1.89. The van der Waals surface area contributed by atoms with Crippen molar-refractivity contribution in [1.29, 1.82) is 0 Å². The fourth-order valence-corrected chi connectivity index (χ4v) is 2.06. The van der Waals surface area contributed by atoms with Crippen molar-refractivity contribution in [2.75, 3.05) is 12.0 Å². The molecule has 0 saturated carbocycles. The van der Waals surface area contributed by atoms with Crippen LogP contribution in [0.25, 0.3) is 0 Å². The molecule has 6 nitrogen and oxygen atoms in total. The van der Waals surface area contributed by atoms with Crippen LogP contribution in [0.1, 0.15) is 26.2 Å². The predicted molar refractivity (Wildman–Crippen MR) is 85.7 cm³/mol. The number of anilines is 1. The number of aliphatic carboxylic acids is 1. The molecule has 0 aliphatic heterocycles. The van der Waals surface area contributed by atoms with Gasteiger partial charge in [0.2, 0.25) is 0 Å². The monoisotopic (exact) mass is 389 g/mol. The Balaban J connectivity index is 2.82. The largest absolute Gasteiger partial charge is 0.550 e. The van der Waals surface area contributed by atoms with Crippen LogP contribution in [0.2, 0.25) is 5.02 Å². The van der Waals surface area contributed by atoms with E-state index in [1.807, 2.05) is 0 Å². The molecule has 120 valence electrons. The van der Waals surface area contributed by atoms with Gasteiger partial charge in [-0.2, -0.15) is 5.10 Å². The molecule has 0 spiro atoms. The molecule has 0 aliphatic rings. The molecule has 0 aliphatic carbocycles. The van der Waals surface area contributed by atoms with Crippen molar-refractivity contribution in [3.63, 3.8) is 0 Å². The number of benzene rings is 1. The van der Waals surface area contributed by atoms with E-state index in [1.165, 1.54) is 0 Å². The van der Waals surface area contributed by atoms with Gasteiger partial charge in [-0.1, -0.05) is 17.7 Å². The third-order valence-electron chi connectivity index (χ3n) is 2.57. The van der Waals surface area contributed by atoms with E-state index >= 15 is 0 Å². The molecule has 1 N–H and O–H groups in total. The molecule has 0 bridgehead atoms. The number of nitrogens with zero attached hydrogens (tertiary/aromatic N) is 1. The van der Waals surface area contributed by atoms with Gasteiger partial charge in [-0.3, -0.25) is 5.43 Å². The van der Waals surface area contributed by atoms with Crippen molar-refractivity contribution in [2.24, 2.45) is 5.10 Å². The Bertz CT molecular complexity index is 578. The minimum atomic E-state index is -1.17. The van der Waals surface area contributed by atoms with Gasteiger partial charge in [0, 0.05) is 5.97 Å². The third-order valence-corrected chi connectivity index (χ3v) is 3.97. The van der Waals surface area contributed by atoms with Gasteiger partial charge in [-0.05, 0) is 54.2 Å². The molecule has 0 fully saturated rings. The normalized spacial score (nSPS) is 11.1. The van der Waals surface area contributed by atoms with E-state index in [9.17, 15) is 14.7 Å². The van der Waals surface area contributed by atoms with Crippen molar-refractivity contribution in [2.45, 2.75) is 26.2 Å². The van der Waals surface area contributed by atoms with Gasteiger partial charge < -0.3 is 14.6 Å². The standard InChI is InChI=1S/C14H16BrClN2O4/c1-2-22-14(21)11(7-4-8-12(19)20)18-17-10-6-3-5-9(16)13(10)15/h3,5-6,17H,2,4,7-8H2,1H3,(H,19,20)/p-1. The fraction of sp³-hybridized carbons (Fsp3) is 0.357. The maximum absolute atomic E-state index is 11.8. The minimum Gasteiger partial charge on any atom is -0.550 e. The van der Waals surface area contributed by atoms with Crippen molar-refractivity contribution < 1.29 is 19.4 Å². The summed E-state index contributed by atoms with van der Waals surface area (Å²) in [7, 11) is 0. The third kappa shape index (κ3) is 6.03. The first kappa shape index (κ1) is 18.4. The molecule has 0 heterocycles. The Labute approximate surface area is 141 Å². The number of halogens is 2. The molecule has 0 saturated heterocycles. The van der Waals surface area contributed by atoms with E-state index in [4.69, 9.17) is 16.3 Å². The second-order valence-electron chi connectivity index (χ2n) is 4.22. The smallest absolute Gasteiger partial charge is 0.354 e. The van der Waals surface area contributed by atoms with Crippen LogP contribution in [0.15, 0.2) is 27.8 Å². The summed E-state index contributed by atoms with van der Waals surface area (Å²) in [4.78, 5) is 22.2. The number of hydrogen-bond donors (Lipinski definition) is 1. The van der Waals surface area contributed by atoms with E-state index in [-0.39, 0.29) is 31.6 Å². The van der Waals surface area contributed by atoms with E-state index < -0.39 is 11.9 Å². The highest BCUT2D eigenvalue weighted by atomic mass is 79.9. The van der Waals surface area contributed by atoms with Gasteiger partial charge in [0.05, 0.1) is 21.8 Å². The summed E-state index contributed by atoms with van der Waals surface area (Å²) in [5.41, 5.74) is 3.41. The van der Waals surface area contributed by atoms with Crippen LogP contribution in [0.4, 0.5) is 5.69 Å². The number of hydrazone groups is 1. The van der Waals surface area contributed by atoms with Crippen LogP contribution in [0, 0.1) is 0 Å². The fourth-order valence-electron chi connectivity index (χ4n) is 1.54. The number of carboxylic acid groups (broad SMARTS) is 1. The molecular weight excluding hydrogens is 376 g/mol. The van der Waals surface area contributed by atoms with Gasteiger partial charge in [-0.25, -0.2) is 4.79 Å². The van der Waals surface area contributed by atoms with Crippen LogP contribution < -0.4 is 10.5 Å². The topological polar surface area (TPSA) is 90.8 Å². The van der Waals surface area contributed by atoms with Crippen molar-refractivity contribution in [3.8, 4) is 0 Å². The lowest BCUT2D eigenvalue weighted by atomic mass is 10.1. The summed E-state index contributed by atoms with van der Waals surface area (Å²) in [5, 5.41) is 14.9. The van der Waals surface area contributed by atoms with Crippen LogP contribution >= 0.6 is 27.5 Å². The lowest BCUT2D eigenvalue weighted by Crippen LogP contribution is -2.23. The molecule has 1 aromatic rings. The molecular formula is C14H15BrClN2O4-. The molecule has 8 heteroatoms. The SMILES string of the molecule is CCOC(=O)C(CCCC(=O)[O-])=NNc1cccc(Cl)c1Br. The zero-order valence-corrected chi connectivity index (χ0v) is 14.2. The summed E-state index contributed by atoms with van der Waals surface area (Å²) >= 11 is 9.26. The summed E-state index contributed by atoms with van der Waals surface area (Å²) in [6, 6.07) is 5.15. The Hall–Kier alpha value is -1.60. The Morgan fingerprint density at radius 3 is 2.77 bits per heavy atom. The van der Waals surface area contributed by atoms with Crippen LogP contribution in [-0.4, -0.2) is 24.3 Å². The van der Waals surface area contributed by atoms with E-state index in [1.54, 1.807) is 25.1 Å². The van der Waals surface area contributed by atoms with Crippen LogP contribution in [0.3, 0.4) is 0 Å². The number of ether oxygens (including phenoxy) is 1. The number of carbonyl (C=O) groups excluding carboxylic acids is 2. The highest BCUT2D eigenvalue weighted by Gasteiger charge is 2.13. The highest BCUT2D eigenvalue weighted by Crippen LogP contribution is 2.30. The number of carbonyl (C=O) groups is 2. The number of carboxylic acids is 1. The second-order valence-corrected chi connectivity index (χ2v) is 5.42. The van der Waals surface area contributed by atoms with E-state index in [0.717, 1.165) is 0 Å². The van der Waals surface area contributed by atoms with Crippen LogP contribution in [-0.2, 0) is 14.3 Å². The molecule has 22 heavy (non-hydrogen) atoms. The maximum Gasteiger partial charge on any atom is 0.354 e. The zero-order chi connectivity index (χ0) is 16.5. The highest BCUT2D eigenvalue weighted by molar-refractivity contribution is 9.10. The van der Waals surface area contributed by atoms with Crippen molar-refractivity contribution in [1.82, 2.24) is 0 Å². The minimum absolute atomic E-state index is 0.106. The first-order valence-electron chi connectivity index (χ1n) is 6.59. The Morgan fingerprint density at radius 1 is 1.41 bits per heavy atom. The predicted octanol–water partition coefficient (Wildman–Crippen LogP) is 2.35. The lowest BCUT2D eigenvalue weighted by Gasteiger charge is -2.09. The Morgan fingerprint density at radius 2 is 2.14 bits per heavy atom. The molecule has 1 aromatic carbocycles. The van der Waals surface area contributed by atoms with Gasteiger partial charge in [-0.15, -0.1) is 0 Å². The van der Waals surface area contributed by atoms with E-state index in [2.05, 4.69) is 26.5 Å². The number of rotatable bonds is 8. The zero-order valence-electron chi connectivity index (χ0n) is 11.9. The molecule has 0 radical (unpaired) electrons. The van der Waals surface area contributed by atoms with Crippen molar-refractivity contribution >= 4 is 50.9 Å². The van der Waals surface area contributed by atoms with Gasteiger partial charge in [0.25, 0.3) is 0 Å². The average Bonchev–Trinajstić information content (AvgIpc) is 2.46. The van der Waals surface area contributed by atoms with Gasteiger partial charge in [0.1, 0.15) is 5.71 Å². The lowest BCUT2D eigenvalue weighted by molar-refractivity contribution is -0.305. The van der Waals surface area contributed by atoms with Gasteiger partial charge in [0.15, 0.2) is 0 Å². The molecule has 1 rings (SSSR count). The molecule has 0 amide bonds.